The van der Waals surface area contributed by atoms with E-state index in [9.17, 15) is 8.78 Å². The lowest BCUT2D eigenvalue weighted by Crippen LogP contribution is -2.00. The molecule has 0 amide bonds. The number of aromatic nitrogens is 2. The van der Waals surface area contributed by atoms with Gasteiger partial charge in [0.15, 0.2) is 5.82 Å². The number of rotatable bonds is 7. The summed E-state index contributed by atoms with van der Waals surface area (Å²) < 4.78 is 28.0. The zero-order valence-corrected chi connectivity index (χ0v) is 14.3. The third-order valence-electron chi connectivity index (χ3n) is 3.86. The molecule has 0 saturated carbocycles. The van der Waals surface area contributed by atoms with Crippen molar-refractivity contribution in [2.45, 2.75) is 26.2 Å². The Kier molecular flexibility index (Phi) is 6.57. The number of nitrogens with zero attached hydrogens (tertiary/aromatic N) is 2. The Morgan fingerprint density at radius 1 is 1.32 bits per heavy atom. The first-order valence-corrected chi connectivity index (χ1v) is 8.04. The normalized spacial score (nSPS) is 13.0. The molecule has 0 spiro atoms. The molecule has 2 rings (SSSR count). The molecule has 1 atom stereocenters. The Hall–Kier alpha value is -2.82. The van der Waals surface area contributed by atoms with Crippen molar-refractivity contribution in [2.75, 3.05) is 0 Å². The van der Waals surface area contributed by atoms with Gasteiger partial charge in [0.25, 0.3) is 0 Å². The van der Waals surface area contributed by atoms with E-state index < -0.39 is 5.82 Å². The Morgan fingerprint density at radius 2 is 2.12 bits per heavy atom. The summed E-state index contributed by atoms with van der Waals surface area (Å²) in [4.78, 5) is 7.72. The SMILES string of the molecule is C=CN/C=C\C(=C/C(CC)c1ccc(C)c(F)c1)c1ncncc1F. The fourth-order valence-corrected chi connectivity index (χ4v) is 2.45. The van der Waals surface area contributed by atoms with Crippen molar-refractivity contribution in [1.29, 1.82) is 0 Å². The van der Waals surface area contributed by atoms with Crippen LogP contribution in [0, 0.1) is 18.6 Å². The predicted octanol–water partition coefficient (Wildman–Crippen LogP) is 4.89. The van der Waals surface area contributed by atoms with E-state index in [1.807, 2.05) is 19.1 Å². The van der Waals surface area contributed by atoms with Crippen LogP contribution in [-0.4, -0.2) is 9.97 Å². The van der Waals surface area contributed by atoms with Crippen LogP contribution in [0.2, 0.25) is 0 Å². The smallest absolute Gasteiger partial charge is 0.167 e. The maximum Gasteiger partial charge on any atom is 0.167 e. The van der Waals surface area contributed by atoms with E-state index in [0.29, 0.717) is 11.1 Å². The van der Waals surface area contributed by atoms with Gasteiger partial charge in [-0.15, -0.1) is 0 Å². The molecule has 1 unspecified atom stereocenters. The summed E-state index contributed by atoms with van der Waals surface area (Å²) in [6, 6.07) is 5.17. The van der Waals surface area contributed by atoms with Crippen molar-refractivity contribution in [3.05, 3.63) is 90.3 Å². The quantitative estimate of drug-likeness (QED) is 0.729. The van der Waals surface area contributed by atoms with E-state index in [4.69, 9.17) is 0 Å². The van der Waals surface area contributed by atoms with Crippen molar-refractivity contribution in [2.24, 2.45) is 0 Å². The molecule has 25 heavy (non-hydrogen) atoms. The Morgan fingerprint density at radius 3 is 2.76 bits per heavy atom. The zero-order chi connectivity index (χ0) is 18.2. The molecular formula is C20H21F2N3. The maximum atomic E-state index is 14.1. The van der Waals surface area contributed by atoms with Crippen LogP contribution in [0.4, 0.5) is 8.78 Å². The van der Waals surface area contributed by atoms with E-state index in [2.05, 4.69) is 21.9 Å². The summed E-state index contributed by atoms with van der Waals surface area (Å²) >= 11 is 0. The number of nitrogens with one attached hydrogen (secondary N) is 1. The van der Waals surface area contributed by atoms with Gasteiger partial charge in [0.1, 0.15) is 17.8 Å². The third kappa shape index (κ3) is 4.83. The fourth-order valence-electron chi connectivity index (χ4n) is 2.45. The third-order valence-corrected chi connectivity index (χ3v) is 3.86. The second-order valence-corrected chi connectivity index (χ2v) is 5.57. The number of hydrogen-bond acceptors (Lipinski definition) is 3. The van der Waals surface area contributed by atoms with Crippen molar-refractivity contribution >= 4 is 5.57 Å². The van der Waals surface area contributed by atoms with Gasteiger partial charge in [-0.2, -0.15) is 0 Å². The van der Waals surface area contributed by atoms with Crippen molar-refractivity contribution in [1.82, 2.24) is 15.3 Å². The minimum absolute atomic E-state index is 0.0761. The highest BCUT2D eigenvalue weighted by Gasteiger charge is 2.13. The lowest BCUT2D eigenvalue weighted by atomic mass is 9.92. The molecule has 2 aromatic rings. The molecule has 1 aromatic carbocycles. The number of aryl methyl sites for hydroxylation is 1. The molecule has 5 heteroatoms. The topological polar surface area (TPSA) is 37.8 Å². The lowest BCUT2D eigenvalue weighted by molar-refractivity contribution is 0.608. The highest BCUT2D eigenvalue weighted by Crippen LogP contribution is 2.28. The minimum atomic E-state index is -0.512. The second-order valence-electron chi connectivity index (χ2n) is 5.57. The van der Waals surface area contributed by atoms with Gasteiger partial charge in [-0.3, -0.25) is 0 Å². The van der Waals surface area contributed by atoms with Gasteiger partial charge in [0, 0.05) is 17.7 Å². The zero-order valence-electron chi connectivity index (χ0n) is 14.3. The van der Waals surface area contributed by atoms with Crippen LogP contribution >= 0.6 is 0 Å². The van der Waals surface area contributed by atoms with Crippen LogP contribution in [0.25, 0.3) is 5.57 Å². The molecule has 0 fully saturated rings. The van der Waals surface area contributed by atoms with Crippen LogP contribution in [0.5, 0.6) is 0 Å². The second kappa shape index (κ2) is 8.87. The summed E-state index contributed by atoms with van der Waals surface area (Å²) in [6.45, 7) is 7.29. The molecule has 0 saturated heterocycles. The van der Waals surface area contributed by atoms with E-state index in [0.717, 1.165) is 18.2 Å². The molecule has 0 aliphatic carbocycles. The summed E-state index contributed by atoms with van der Waals surface area (Å²) in [6.07, 6.45) is 9.91. The summed E-state index contributed by atoms with van der Waals surface area (Å²) in [5, 5.41) is 2.83. The Bertz CT molecular complexity index is 797. The first kappa shape index (κ1) is 18.5. The number of allylic oxidation sites excluding steroid dienone is 3. The standard InChI is InChI=1S/C20H21F2N3/c1-4-15(16-7-6-14(3)18(21)11-16)10-17(8-9-23-5-2)20-19(22)12-24-13-25-20/h5-13,15,23H,2,4H2,1,3H3/b9-8-,17-10+. The van der Waals surface area contributed by atoms with Crippen LogP contribution in [0.3, 0.4) is 0 Å². The highest BCUT2D eigenvalue weighted by molar-refractivity contribution is 5.72. The molecular weight excluding hydrogens is 320 g/mol. The van der Waals surface area contributed by atoms with Crippen LogP contribution in [0.1, 0.15) is 36.1 Å². The monoisotopic (exact) mass is 341 g/mol. The number of hydrogen-bond donors (Lipinski definition) is 1. The average Bonchev–Trinajstić information content (AvgIpc) is 2.61. The molecule has 3 nitrogen and oxygen atoms in total. The molecule has 130 valence electrons. The van der Waals surface area contributed by atoms with Gasteiger partial charge < -0.3 is 5.32 Å². The van der Waals surface area contributed by atoms with E-state index in [1.54, 1.807) is 25.3 Å². The van der Waals surface area contributed by atoms with Gasteiger partial charge in [0.2, 0.25) is 0 Å². The Balaban J connectivity index is 2.47. The van der Waals surface area contributed by atoms with Crippen LogP contribution < -0.4 is 5.32 Å². The molecule has 0 radical (unpaired) electrons. The highest BCUT2D eigenvalue weighted by atomic mass is 19.1. The summed E-state index contributed by atoms with van der Waals surface area (Å²) in [7, 11) is 0. The average molecular weight is 341 g/mol. The summed E-state index contributed by atoms with van der Waals surface area (Å²) in [5.74, 6) is -0.835. The van der Waals surface area contributed by atoms with E-state index in [-0.39, 0.29) is 17.4 Å². The first-order chi connectivity index (χ1) is 12.1. The van der Waals surface area contributed by atoms with Gasteiger partial charge in [0.05, 0.1) is 6.20 Å². The van der Waals surface area contributed by atoms with Crippen molar-refractivity contribution in [3.63, 3.8) is 0 Å². The van der Waals surface area contributed by atoms with Crippen molar-refractivity contribution < 1.29 is 8.78 Å². The number of benzene rings is 1. The van der Waals surface area contributed by atoms with Gasteiger partial charge >= 0.3 is 0 Å². The van der Waals surface area contributed by atoms with Crippen LogP contribution in [-0.2, 0) is 0 Å². The molecule has 1 aromatic heterocycles. The number of halogens is 2. The van der Waals surface area contributed by atoms with Gasteiger partial charge in [-0.25, -0.2) is 18.7 Å². The Labute approximate surface area is 146 Å². The maximum absolute atomic E-state index is 14.1. The molecule has 1 N–H and O–H groups in total. The lowest BCUT2D eigenvalue weighted by Gasteiger charge is -2.14. The van der Waals surface area contributed by atoms with Gasteiger partial charge in [-0.05, 0) is 42.8 Å². The largest absolute Gasteiger partial charge is 0.368 e. The van der Waals surface area contributed by atoms with Crippen molar-refractivity contribution in [3.8, 4) is 0 Å². The van der Waals surface area contributed by atoms with E-state index in [1.165, 1.54) is 18.6 Å². The summed E-state index contributed by atoms with van der Waals surface area (Å²) in [5.41, 5.74) is 2.22. The molecule has 0 aliphatic heterocycles. The first-order valence-electron chi connectivity index (χ1n) is 8.04. The fraction of sp³-hybridized carbons (Fsp3) is 0.200. The predicted molar refractivity (Wildman–Crippen MR) is 96.6 cm³/mol. The minimum Gasteiger partial charge on any atom is -0.368 e. The molecule has 0 aliphatic rings. The van der Waals surface area contributed by atoms with Crippen LogP contribution in [0.15, 0.2) is 61.9 Å². The molecule has 1 heterocycles. The van der Waals surface area contributed by atoms with Gasteiger partial charge in [-0.1, -0.05) is 31.7 Å². The van der Waals surface area contributed by atoms with E-state index >= 15 is 0 Å². The molecule has 0 bridgehead atoms.